The van der Waals surface area contributed by atoms with Crippen molar-refractivity contribution in [1.82, 2.24) is 0 Å². The lowest BCUT2D eigenvalue weighted by Gasteiger charge is -2.38. The van der Waals surface area contributed by atoms with Gasteiger partial charge in [-0.25, -0.2) is 0 Å². The number of hydrogen-bond donors (Lipinski definition) is 0. The minimum Gasteiger partial charge on any atom is -0.294 e. The van der Waals surface area contributed by atoms with Crippen molar-refractivity contribution in [3.63, 3.8) is 0 Å². The number of hydrogen-bond acceptors (Lipinski definition) is 3. The maximum atomic E-state index is 13.4. The van der Waals surface area contributed by atoms with E-state index >= 15 is 0 Å². The molecule has 2 aliphatic carbocycles. The van der Waals surface area contributed by atoms with Crippen LogP contribution in [0, 0.1) is 11.3 Å². The van der Waals surface area contributed by atoms with E-state index in [9.17, 15) is 9.59 Å². The molecule has 29 heavy (non-hydrogen) atoms. The first-order valence-electron chi connectivity index (χ1n) is 9.71. The van der Waals surface area contributed by atoms with E-state index in [2.05, 4.69) is 13.8 Å². The Labute approximate surface area is 179 Å². The molecule has 1 aliphatic heterocycles. The second-order valence-electron chi connectivity index (χ2n) is 8.81. The molecular weight excluding hydrogens is 405 g/mol. The standard InChI is InChI=1S/C24H19Cl2NO2/c1-24(2)10-16-19(17(28)11-24)18(14-8-5-9-15(25)21(14)26)20-22(27-16)12-6-3-4-7-13(12)23(20)29/h3-9,18,20H,10-11H2,1-2H3. The first-order chi connectivity index (χ1) is 13.8. The molecule has 0 aromatic heterocycles. The first kappa shape index (κ1) is 18.8. The predicted molar refractivity (Wildman–Crippen MR) is 115 cm³/mol. The number of fused-ring (bicyclic) bond motifs is 3. The van der Waals surface area contributed by atoms with Crippen molar-refractivity contribution in [3.8, 4) is 0 Å². The highest BCUT2D eigenvalue weighted by molar-refractivity contribution is 6.42. The van der Waals surface area contributed by atoms with Gasteiger partial charge in [0, 0.05) is 34.7 Å². The fourth-order valence-corrected chi connectivity index (χ4v) is 5.41. The van der Waals surface area contributed by atoms with Gasteiger partial charge in [0.2, 0.25) is 0 Å². The van der Waals surface area contributed by atoms with Gasteiger partial charge in [0.05, 0.1) is 21.7 Å². The fourth-order valence-electron chi connectivity index (χ4n) is 4.98. The van der Waals surface area contributed by atoms with Gasteiger partial charge in [-0.15, -0.1) is 0 Å². The van der Waals surface area contributed by atoms with Crippen molar-refractivity contribution >= 4 is 40.5 Å². The molecule has 0 amide bonds. The Morgan fingerprint density at radius 3 is 2.41 bits per heavy atom. The molecule has 0 N–H and O–H groups in total. The van der Waals surface area contributed by atoms with E-state index in [0.717, 1.165) is 22.5 Å². The van der Waals surface area contributed by atoms with Crippen molar-refractivity contribution < 1.29 is 9.59 Å². The van der Waals surface area contributed by atoms with E-state index < -0.39 is 11.8 Å². The second kappa shape index (κ2) is 6.38. The lowest BCUT2D eigenvalue weighted by Crippen LogP contribution is -2.37. The fraction of sp³-hybridized carbons (Fsp3) is 0.292. The highest BCUT2D eigenvalue weighted by Gasteiger charge is 2.50. The molecule has 5 heteroatoms. The van der Waals surface area contributed by atoms with E-state index in [0.29, 0.717) is 34.0 Å². The van der Waals surface area contributed by atoms with Crippen molar-refractivity contribution in [2.24, 2.45) is 16.3 Å². The largest absolute Gasteiger partial charge is 0.294 e. The van der Waals surface area contributed by atoms with Crippen LogP contribution in [0.2, 0.25) is 10.0 Å². The van der Waals surface area contributed by atoms with Gasteiger partial charge in [-0.05, 0) is 23.5 Å². The minimum atomic E-state index is -0.549. The molecule has 0 saturated carbocycles. The van der Waals surface area contributed by atoms with Crippen molar-refractivity contribution in [2.45, 2.75) is 32.6 Å². The molecule has 2 unspecified atom stereocenters. The monoisotopic (exact) mass is 423 g/mol. The number of rotatable bonds is 1. The maximum Gasteiger partial charge on any atom is 0.173 e. The third-order valence-electron chi connectivity index (χ3n) is 6.16. The quantitative estimate of drug-likeness (QED) is 0.561. The van der Waals surface area contributed by atoms with Gasteiger partial charge in [0.25, 0.3) is 0 Å². The lowest BCUT2D eigenvalue weighted by atomic mass is 9.66. The Balaban J connectivity index is 1.80. The zero-order valence-corrected chi connectivity index (χ0v) is 17.6. The van der Waals surface area contributed by atoms with Gasteiger partial charge in [0.1, 0.15) is 0 Å². The number of ketones is 2. The third kappa shape index (κ3) is 2.75. The summed E-state index contributed by atoms with van der Waals surface area (Å²) >= 11 is 12.9. The Hall–Kier alpha value is -2.23. The number of carbonyl (C=O) groups excluding carboxylic acids is 2. The van der Waals surface area contributed by atoms with Gasteiger partial charge >= 0.3 is 0 Å². The highest BCUT2D eigenvalue weighted by atomic mass is 35.5. The van der Waals surface area contributed by atoms with Gasteiger partial charge < -0.3 is 0 Å². The average molecular weight is 424 g/mol. The molecule has 3 nitrogen and oxygen atoms in total. The highest BCUT2D eigenvalue weighted by Crippen LogP contribution is 2.52. The van der Waals surface area contributed by atoms with Gasteiger partial charge in [-0.1, -0.05) is 73.4 Å². The smallest absolute Gasteiger partial charge is 0.173 e. The van der Waals surface area contributed by atoms with Crippen LogP contribution < -0.4 is 0 Å². The van der Waals surface area contributed by atoms with Gasteiger partial charge in [-0.3, -0.25) is 14.6 Å². The molecule has 5 rings (SSSR count). The van der Waals surface area contributed by atoms with Crippen LogP contribution in [-0.4, -0.2) is 17.3 Å². The third-order valence-corrected chi connectivity index (χ3v) is 6.99. The average Bonchev–Trinajstić information content (AvgIpc) is 2.94. The van der Waals surface area contributed by atoms with Crippen LogP contribution in [-0.2, 0) is 4.79 Å². The molecule has 0 bridgehead atoms. The molecule has 2 aromatic rings. The molecule has 2 atom stereocenters. The molecule has 0 fully saturated rings. The normalized spacial score (nSPS) is 24.8. The van der Waals surface area contributed by atoms with Crippen LogP contribution >= 0.6 is 23.2 Å². The SMILES string of the molecule is CC1(C)CC(=O)C2=C(C1)N=C1c3ccccc3C(=O)C1C2c1cccc(Cl)c1Cl. The van der Waals surface area contributed by atoms with Crippen molar-refractivity contribution in [1.29, 1.82) is 0 Å². The Bertz CT molecular complexity index is 1160. The first-order valence-corrected chi connectivity index (χ1v) is 10.5. The van der Waals surface area contributed by atoms with Crippen molar-refractivity contribution in [2.75, 3.05) is 0 Å². The molecule has 0 radical (unpaired) electrons. The minimum absolute atomic E-state index is 0.00965. The lowest BCUT2D eigenvalue weighted by molar-refractivity contribution is -0.118. The summed E-state index contributed by atoms with van der Waals surface area (Å²) in [5.74, 6) is -0.979. The van der Waals surface area contributed by atoms with Crippen LogP contribution in [0.5, 0.6) is 0 Å². The number of halogens is 2. The summed E-state index contributed by atoms with van der Waals surface area (Å²) in [6.07, 6.45) is 1.12. The van der Waals surface area contributed by atoms with Gasteiger partial charge in [-0.2, -0.15) is 0 Å². The number of aliphatic imine (C=N–C) groups is 1. The van der Waals surface area contributed by atoms with E-state index in [4.69, 9.17) is 28.2 Å². The second-order valence-corrected chi connectivity index (χ2v) is 9.59. The summed E-state index contributed by atoms with van der Waals surface area (Å²) in [5.41, 5.74) is 4.22. The molecule has 3 aliphatic rings. The van der Waals surface area contributed by atoms with E-state index in [1.165, 1.54) is 0 Å². The predicted octanol–water partition coefficient (Wildman–Crippen LogP) is 6.04. The van der Waals surface area contributed by atoms with Gasteiger partial charge in [0.15, 0.2) is 11.6 Å². The zero-order chi connectivity index (χ0) is 20.5. The zero-order valence-electron chi connectivity index (χ0n) is 16.1. The molecule has 1 heterocycles. The molecule has 146 valence electrons. The van der Waals surface area contributed by atoms with E-state index in [-0.39, 0.29) is 17.0 Å². The van der Waals surface area contributed by atoms with Crippen LogP contribution in [0.4, 0.5) is 0 Å². The number of Topliss-reactive ketones (excluding diaryl/α,β-unsaturated/α-hetero) is 2. The molecule has 0 spiro atoms. The summed E-state index contributed by atoms with van der Waals surface area (Å²) in [4.78, 5) is 31.6. The maximum absolute atomic E-state index is 13.4. The van der Waals surface area contributed by atoms with Crippen LogP contribution in [0.1, 0.15) is 54.1 Å². The van der Waals surface area contributed by atoms with Crippen molar-refractivity contribution in [3.05, 3.63) is 80.5 Å². The summed E-state index contributed by atoms with van der Waals surface area (Å²) in [6, 6.07) is 13.0. The number of benzene rings is 2. The summed E-state index contributed by atoms with van der Waals surface area (Å²) in [6.45, 7) is 4.16. The van der Waals surface area contributed by atoms with Crippen LogP contribution in [0.25, 0.3) is 0 Å². The number of nitrogens with zero attached hydrogens (tertiary/aromatic N) is 1. The Morgan fingerprint density at radius 2 is 1.66 bits per heavy atom. The summed E-state index contributed by atoms with van der Waals surface area (Å²) in [5, 5.41) is 0.815. The Kier molecular flexibility index (Phi) is 4.13. The van der Waals surface area contributed by atoms with Crippen LogP contribution in [0.15, 0.2) is 58.7 Å². The van der Waals surface area contributed by atoms with E-state index in [1.807, 2.05) is 36.4 Å². The summed E-state index contributed by atoms with van der Waals surface area (Å²) in [7, 11) is 0. The topological polar surface area (TPSA) is 46.5 Å². The molecule has 0 saturated heterocycles. The van der Waals surface area contributed by atoms with E-state index in [1.54, 1.807) is 6.07 Å². The summed E-state index contributed by atoms with van der Waals surface area (Å²) < 4.78 is 0. The molecule has 2 aromatic carbocycles. The number of carbonyl (C=O) groups is 2. The van der Waals surface area contributed by atoms with Crippen LogP contribution in [0.3, 0.4) is 0 Å². The molecular formula is C24H19Cl2NO2. The number of allylic oxidation sites excluding steroid dienone is 2. The Morgan fingerprint density at radius 1 is 0.931 bits per heavy atom.